The first-order chi connectivity index (χ1) is 12.7. The number of benzene rings is 2. The van der Waals surface area contributed by atoms with E-state index in [1.807, 2.05) is 36.4 Å². The van der Waals surface area contributed by atoms with Crippen molar-refractivity contribution in [2.75, 3.05) is 11.9 Å². The molecule has 0 saturated carbocycles. The van der Waals surface area contributed by atoms with Crippen LogP contribution in [0.1, 0.15) is 5.56 Å². The summed E-state index contributed by atoms with van der Waals surface area (Å²) in [5.41, 5.74) is 2.49. The van der Waals surface area contributed by atoms with Gasteiger partial charge in [0.05, 0.1) is 12.1 Å². The van der Waals surface area contributed by atoms with E-state index in [0.29, 0.717) is 5.69 Å². The van der Waals surface area contributed by atoms with Gasteiger partial charge in [-0.25, -0.2) is 0 Å². The minimum absolute atomic E-state index is 0.157. The van der Waals surface area contributed by atoms with Crippen molar-refractivity contribution in [3.8, 4) is 5.75 Å². The molecule has 6 nitrogen and oxygen atoms in total. The fourth-order valence-corrected chi connectivity index (χ4v) is 3.00. The van der Waals surface area contributed by atoms with Crippen LogP contribution in [0.15, 0.2) is 60.8 Å². The fraction of sp³-hybridized carbons (Fsp3) is 0.150. The van der Waals surface area contributed by atoms with Gasteiger partial charge in [0, 0.05) is 23.7 Å². The van der Waals surface area contributed by atoms with Crippen LogP contribution in [0.5, 0.6) is 5.75 Å². The lowest BCUT2D eigenvalue weighted by Gasteiger charge is -2.12. The Morgan fingerprint density at radius 2 is 1.96 bits per heavy atom. The van der Waals surface area contributed by atoms with E-state index in [2.05, 4.69) is 15.6 Å². The summed E-state index contributed by atoms with van der Waals surface area (Å²) in [6, 6.07) is 16.8. The van der Waals surface area contributed by atoms with Crippen LogP contribution in [0.2, 0.25) is 0 Å². The number of carbonyl (C=O) groups is 2. The Kier molecular flexibility index (Phi) is 4.23. The van der Waals surface area contributed by atoms with Gasteiger partial charge in [0.2, 0.25) is 0 Å². The lowest BCUT2D eigenvalue weighted by molar-refractivity contribution is -0.136. The number of rotatable bonds is 3. The maximum Gasteiger partial charge on any atom is 0.313 e. The Morgan fingerprint density at radius 3 is 2.85 bits per heavy atom. The lowest BCUT2D eigenvalue weighted by atomic mass is 10.1. The van der Waals surface area contributed by atoms with Gasteiger partial charge in [0.15, 0.2) is 0 Å². The van der Waals surface area contributed by atoms with E-state index in [1.54, 1.807) is 24.4 Å². The SMILES string of the molecule is O=C(NC[C@H]1Cc2ccccc2O1)C(=O)Nc1ccc2ncccc2c1. The van der Waals surface area contributed by atoms with E-state index in [1.165, 1.54) is 0 Å². The monoisotopic (exact) mass is 347 g/mol. The van der Waals surface area contributed by atoms with Crippen molar-refractivity contribution in [3.05, 3.63) is 66.4 Å². The van der Waals surface area contributed by atoms with Gasteiger partial charge in [0.25, 0.3) is 0 Å². The molecule has 1 aromatic heterocycles. The Hall–Kier alpha value is -3.41. The Balaban J connectivity index is 1.32. The molecule has 0 bridgehead atoms. The van der Waals surface area contributed by atoms with E-state index in [9.17, 15) is 9.59 Å². The number of pyridine rings is 1. The summed E-state index contributed by atoms with van der Waals surface area (Å²) in [6.07, 6.45) is 2.27. The van der Waals surface area contributed by atoms with Crippen molar-refractivity contribution in [2.24, 2.45) is 0 Å². The molecule has 2 heterocycles. The summed E-state index contributed by atoms with van der Waals surface area (Å²) in [7, 11) is 0. The topological polar surface area (TPSA) is 80.3 Å². The Bertz CT molecular complexity index is 962. The molecule has 0 fully saturated rings. The van der Waals surface area contributed by atoms with E-state index in [4.69, 9.17) is 4.74 Å². The highest BCUT2D eigenvalue weighted by molar-refractivity contribution is 6.39. The third-order valence-electron chi connectivity index (χ3n) is 4.27. The summed E-state index contributed by atoms with van der Waals surface area (Å²) in [6.45, 7) is 0.280. The zero-order valence-corrected chi connectivity index (χ0v) is 13.9. The number of ether oxygens (including phenoxy) is 1. The number of hydrogen-bond donors (Lipinski definition) is 2. The highest BCUT2D eigenvalue weighted by atomic mass is 16.5. The summed E-state index contributed by atoms with van der Waals surface area (Å²) < 4.78 is 5.75. The molecule has 0 saturated heterocycles. The number of para-hydroxylation sites is 1. The minimum atomic E-state index is -0.705. The first kappa shape index (κ1) is 16.1. The summed E-state index contributed by atoms with van der Waals surface area (Å²) in [5, 5.41) is 6.13. The van der Waals surface area contributed by atoms with Crippen LogP contribution in [0, 0.1) is 0 Å². The number of anilines is 1. The maximum absolute atomic E-state index is 12.1. The Morgan fingerprint density at radius 1 is 1.08 bits per heavy atom. The molecule has 0 unspecified atom stereocenters. The van der Waals surface area contributed by atoms with Crippen molar-refractivity contribution in [1.29, 1.82) is 0 Å². The minimum Gasteiger partial charge on any atom is -0.488 e. The molecule has 0 radical (unpaired) electrons. The smallest absolute Gasteiger partial charge is 0.313 e. The molecule has 4 rings (SSSR count). The van der Waals surface area contributed by atoms with Crippen LogP contribution in [0.3, 0.4) is 0 Å². The van der Waals surface area contributed by atoms with Gasteiger partial charge in [-0.3, -0.25) is 14.6 Å². The van der Waals surface area contributed by atoms with Gasteiger partial charge in [-0.1, -0.05) is 24.3 Å². The van der Waals surface area contributed by atoms with Crippen molar-refractivity contribution < 1.29 is 14.3 Å². The molecule has 26 heavy (non-hydrogen) atoms. The number of amides is 2. The second kappa shape index (κ2) is 6.84. The fourth-order valence-electron chi connectivity index (χ4n) is 3.00. The van der Waals surface area contributed by atoms with Gasteiger partial charge in [-0.05, 0) is 35.9 Å². The van der Waals surface area contributed by atoms with Gasteiger partial charge >= 0.3 is 11.8 Å². The summed E-state index contributed by atoms with van der Waals surface area (Å²) in [4.78, 5) is 28.4. The molecule has 6 heteroatoms. The van der Waals surface area contributed by atoms with Crippen LogP contribution in [-0.2, 0) is 16.0 Å². The number of hydrogen-bond acceptors (Lipinski definition) is 4. The molecule has 1 aliphatic heterocycles. The lowest BCUT2D eigenvalue weighted by Crippen LogP contribution is -2.40. The number of fused-ring (bicyclic) bond motifs is 2. The highest BCUT2D eigenvalue weighted by Gasteiger charge is 2.24. The third-order valence-corrected chi connectivity index (χ3v) is 4.27. The molecule has 3 aromatic rings. The van der Waals surface area contributed by atoms with Crippen molar-refractivity contribution in [3.63, 3.8) is 0 Å². The van der Waals surface area contributed by atoms with Gasteiger partial charge < -0.3 is 15.4 Å². The van der Waals surface area contributed by atoms with Crippen molar-refractivity contribution in [2.45, 2.75) is 12.5 Å². The second-order valence-electron chi connectivity index (χ2n) is 6.13. The third kappa shape index (κ3) is 3.35. The number of nitrogens with one attached hydrogen (secondary N) is 2. The molecule has 2 N–H and O–H groups in total. The average Bonchev–Trinajstić information content (AvgIpc) is 3.09. The van der Waals surface area contributed by atoms with Gasteiger partial charge in [-0.15, -0.1) is 0 Å². The van der Waals surface area contributed by atoms with Crippen LogP contribution in [0.4, 0.5) is 5.69 Å². The van der Waals surface area contributed by atoms with Crippen molar-refractivity contribution >= 4 is 28.4 Å². The maximum atomic E-state index is 12.1. The number of carbonyl (C=O) groups excluding carboxylic acids is 2. The van der Waals surface area contributed by atoms with E-state index < -0.39 is 11.8 Å². The highest BCUT2D eigenvalue weighted by Crippen LogP contribution is 2.27. The standard InChI is InChI=1S/C20H17N3O3/c24-19(22-12-16-11-14-4-1-2-6-18(14)26-16)20(25)23-15-7-8-17-13(10-15)5-3-9-21-17/h1-10,16H,11-12H2,(H,22,24)(H,23,25)/t16-/m1/s1. The van der Waals surface area contributed by atoms with Crippen molar-refractivity contribution in [1.82, 2.24) is 10.3 Å². The summed E-state index contributed by atoms with van der Waals surface area (Å²) in [5.74, 6) is -0.555. The molecule has 0 aliphatic carbocycles. The molecule has 1 aliphatic rings. The summed E-state index contributed by atoms with van der Waals surface area (Å²) >= 11 is 0. The molecule has 2 amide bonds. The molecular weight excluding hydrogens is 330 g/mol. The van der Waals surface area contributed by atoms with Crippen LogP contribution < -0.4 is 15.4 Å². The zero-order valence-electron chi connectivity index (χ0n) is 13.9. The zero-order chi connectivity index (χ0) is 17.9. The molecule has 2 aromatic carbocycles. The Labute approximate surface area is 150 Å². The van der Waals surface area contributed by atoms with Crippen LogP contribution >= 0.6 is 0 Å². The average molecular weight is 347 g/mol. The van der Waals surface area contributed by atoms with Crippen LogP contribution in [0.25, 0.3) is 10.9 Å². The molecule has 0 spiro atoms. The van der Waals surface area contributed by atoms with E-state index in [-0.39, 0.29) is 12.6 Å². The van der Waals surface area contributed by atoms with Gasteiger partial charge in [0.1, 0.15) is 11.9 Å². The number of aromatic nitrogens is 1. The molecular formula is C20H17N3O3. The molecule has 130 valence electrons. The number of nitrogens with zero attached hydrogens (tertiary/aromatic N) is 1. The predicted octanol–water partition coefficient (Wildman–Crippen LogP) is 2.29. The predicted molar refractivity (Wildman–Crippen MR) is 97.9 cm³/mol. The van der Waals surface area contributed by atoms with E-state index >= 15 is 0 Å². The van der Waals surface area contributed by atoms with Crippen LogP contribution in [-0.4, -0.2) is 29.4 Å². The quantitative estimate of drug-likeness (QED) is 0.713. The first-order valence-electron chi connectivity index (χ1n) is 8.37. The normalized spacial score (nSPS) is 15.2. The van der Waals surface area contributed by atoms with E-state index in [0.717, 1.165) is 28.6 Å². The van der Waals surface area contributed by atoms with Gasteiger partial charge in [-0.2, -0.15) is 0 Å². The largest absolute Gasteiger partial charge is 0.488 e. The molecule has 1 atom stereocenters. The first-order valence-corrected chi connectivity index (χ1v) is 8.37. The second-order valence-corrected chi connectivity index (χ2v) is 6.13.